The lowest BCUT2D eigenvalue weighted by atomic mass is 10.1. The molecular weight excluding hydrogens is 384 g/mol. The Balaban J connectivity index is 1.51. The zero-order chi connectivity index (χ0) is 20.9. The number of para-hydroxylation sites is 2. The summed E-state index contributed by atoms with van der Waals surface area (Å²) >= 11 is 0. The monoisotopic (exact) mass is 412 g/mol. The SMILES string of the molecule is COc1cc(CN2[C]N(CCC3OCCCO3)c3ccccc32)cc(OC)c1OC. The number of nitrogens with zero attached hydrogens (tertiary/aromatic N) is 2. The summed E-state index contributed by atoms with van der Waals surface area (Å²) in [5, 5.41) is 0. The zero-order valence-electron chi connectivity index (χ0n) is 17.7. The van der Waals surface area contributed by atoms with E-state index in [0.29, 0.717) is 23.8 Å². The molecule has 2 heterocycles. The topological polar surface area (TPSA) is 52.6 Å². The second kappa shape index (κ2) is 9.45. The first-order valence-corrected chi connectivity index (χ1v) is 10.2. The fourth-order valence-corrected chi connectivity index (χ4v) is 3.81. The van der Waals surface area contributed by atoms with Crippen molar-refractivity contribution in [2.75, 3.05) is 50.9 Å². The Labute approximate surface area is 178 Å². The lowest BCUT2D eigenvalue weighted by Crippen LogP contribution is -2.31. The van der Waals surface area contributed by atoms with Crippen LogP contribution in [0.4, 0.5) is 11.4 Å². The van der Waals surface area contributed by atoms with Crippen molar-refractivity contribution in [1.29, 1.82) is 0 Å². The summed E-state index contributed by atoms with van der Waals surface area (Å²) in [4.78, 5) is 4.24. The predicted octanol–water partition coefficient (Wildman–Crippen LogP) is 3.69. The lowest BCUT2D eigenvalue weighted by Gasteiger charge is -2.26. The molecule has 4 rings (SSSR count). The number of hydrogen-bond acceptors (Lipinski definition) is 7. The summed E-state index contributed by atoms with van der Waals surface area (Å²) in [6.45, 7) is 6.42. The van der Waals surface area contributed by atoms with Gasteiger partial charge in [-0.25, -0.2) is 0 Å². The number of methoxy groups -OCH3 is 3. The second-order valence-corrected chi connectivity index (χ2v) is 7.17. The Morgan fingerprint density at radius 2 is 1.57 bits per heavy atom. The fourth-order valence-electron chi connectivity index (χ4n) is 3.81. The first kappa shape index (κ1) is 20.6. The van der Waals surface area contributed by atoms with Crippen molar-refractivity contribution in [2.45, 2.75) is 25.7 Å². The lowest BCUT2D eigenvalue weighted by molar-refractivity contribution is -0.179. The number of benzene rings is 2. The van der Waals surface area contributed by atoms with Crippen LogP contribution in [0.1, 0.15) is 18.4 Å². The molecule has 1 fully saturated rings. The van der Waals surface area contributed by atoms with Crippen LogP contribution in [0.5, 0.6) is 17.2 Å². The standard InChI is InChI=1S/C23H28N2O5/c1-26-20-13-17(14-21(27-2)23(20)28-3)15-25-16-24(18-7-4-5-8-19(18)25)10-9-22-29-11-6-12-30-22/h4-5,7-8,13-14,22H,6,9-12,15H2,1-3H3. The number of anilines is 2. The van der Waals surface area contributed by atoms with Crippen molar-refractivity contribution in [1.82, 2.24) is 0 Å². The van der Waals surface area contributed by atoms with Crippen LogP contribution in [0.15, 0.2) is 36.4 Å². The maximum absolute atomic E-state index is 5.69. The van der Waals surface area contributed by atoms with Crippen LogP contribution >= 0.6 is 0 Å². The Bertz CT molecular complexity index is 828. The maximum atomic E-state index is 5.69. The van der Waals surface area contributed by atoms with Gasteiger partial charge in [0.2, 0.25) is 12.4 Å². The van der Waals surface area contributed by atoms with Gasteiger partial charge in [-0.1, -0.05) is 12.1 Å². The highest BCUT2D eigenvalue weighted by Gasteiger charge is 2.29. The molecule has 2 radical (unpaired) electrons. The summed E-state index contributed by atoms with van der Waals surface area (Å²) < 4.78 is 27.8. The minimum absolute atomic E-state index is 0.142. The summed E-state index contributed by atoms with van der Waals surface area (Å²) in [5.74, 6) is 1.87. The molecule has 0 aromatic heterocycles. The minimum Gasteiger partial charge on any atom is -0.493 e. The molecule has 0 N–H and O–H groups in total. The quantitative estimate of drug-likeness (QED) is 0.655. The van der Waals surface area contributed by atoms with Crippen molar-refractivity contribution >= 4 is 11.4 Å². The third-order valence-corrected chi connectivity index (χ3v) is 5.25. The average molecular weight is 412 g/mol. The first-order chi connectivity index (χ1) is 14.7. The highest BCUT2D eigenvalue weighted by atomic mass is 16.7. The molecule has 0 spiro atoms. The van der Waals surface area contributed by atoms with Crippen LogP contribution in [0, 0.1) is 6.67 Å². The number of fused-ring (bicyclic) bond motifs is 1. The molecule has 1 saturated heterocycles. The van der Waals surface area contributed by atoms with Crippen LogP contribution in [0.2, 0.25) is 0 Å². The normalized spacial score (nSPS) is 16.5. The van der Waals surface area contributed by atoms with Gasteiger partial charge in [-0.3, -0.25) is 0 Å². The molecular formula is C23H28N2O5. The van der Waals surface area contributed by atoms with Gasteiger partial charge >= 0.3 is 0 Å². The molecule has 7 nitrogen and oxygen atoms in total. The van der Waals surface area contributed by atoms with Crippen LogP contribution in [0.3, 0.4) is 0 Å². The Morgan fingerprint density at radius 3 is 2.17 bits per heavy atom. The summed E-state index contributed by atoms with van der Waals surface area (Å²) in [7, 11) is 4.86. The molecule has 7 heteroatoms. The molecule has 2 aliphatic rings. The molecule has 30 heavy (non-hydrogen) atoms. The van der Waals surface area contributed by atoms with Crippen LogP contribution in [-0.2, 0) is 16.0 Å². The van der Waals surface area contributed by atoms with E-state index in [4.69, 9.17) is 23.7 Å². The van der Waals surface area contributed by atoms with Crippen LogP contribution in [-0.4, -0.2) is 47.4 Å². The van der Waals surface area contributed by atoms with E-state index < -0.39 is 0 Å². The maximum Gasteiger partial charge on any atom is 0.209 e. The Hall–Kier alpha value is -2.64. The van der Waals surface area contributed by atoms with Crippen molar-refractivity contribution in [3.63, 3.8) is 0 Å². The van der Waals surface area contributed by atoms with E-state index in [9.17, 15) is 0 Å². The van der Waals surface area contributed by atoms with Gasteiger partial charge in [0.25, 0.3) is 0 Å². The molecule has 0 saturated carbocycles. The van der Waals surface area contributed by atoms with Gasteiger partial charge in [0.15, 0.2) is 17.8 Å². The van der Waals surface area contributed by atoms with E-state index in [1.165, 1.54) is 0 Å². The molecule has 2 aliphatic heterocycles. The van der Waals surface area contributed by atoms with E-state index >= 15 is 0 Å². The van der Waals surface area contributed by atoms with Gasteiger partial charge in [0, 0.05) is 19.5 Å². The van der Waals surface area contributed by atoms with Crippen LogP contribution in [0.25, 0.3) is 0 Å². The molecule has 0 bridgehead atoms. The highest BCUT2D eigenvalue weighted by Crippen LogP contribution is 2.42. The fraction of sp³-hybridized carbons (Fsp3) is 0.435. The Kier molecular flexibility index (Phi) is 6.50. The second-order valence-electron chi connectivity index (χ2n) is 7.17. The molecule has 160 valence electrons. The van der Waals surface area contributed by atoms with Gasteiger partial charge in [-0.2, -0.15) is 0 Å². The largest absolute Gasteiger partial charge is 0.493 e. The van der Waals surface area contributed by atoms with Gasteiger partial charge in [-0.05, 0) is 36.2 Å². The third kappa shape index (κ3) is 4.27. The molecule has 0 amide bonds. The molecule has 2 aromatic rings. The van der Waals surface area contributed by atoms with Crippen molar-refractivity contribution in [2.24, 2.45) is 0 Å². The molecule has 0 unspecified atom stereocenters. The van der Waals surface area contributed by atoms with Crippen molar-refractivity contribution < 1.29 is 23.7 Å². The average Bonchev–Trinajstić information content (AvgIpc) is 3.15. The van der Waals surface area contributed by atoms with Gasteiger partial charge in [0.05, 0.1) is 45.9 Å². The van der Waals surface area contributed by atoms with Crippen LogP contribution < -0.4 is 24.0 Å². The smallest absolute Gasteiger partial charge is 0.209 e. The van der Waals surface area contributed by atoms with Crippen molar-refractivity contribution in [3.05, 3.63) is 48.6 Å². The summed E-state index contributed by atoms with van der Waals surface area (Å²) in [5.41, 5.74) is 3.27. The highest BCUT2D eigenvalue weighted by molar-refractivity contribution is 5.78. The van der Waals surface area contributed by atoms with Gasteiger partial charge in [-0.15, -0.1) is 0 Å². The summed E-state index contributed by atoms with van der Waals surface area (Å²) in [6.07, 6.45) is 1.61. The summed E-state index contributed by atoms with van der Waals surface area (Å²) in [6, 6.07) is 12.2. The molecule has 0 atom stereocenters. The third-order valence-electron chi connectivity index (χ3n) is 5.25. The van der Waals surface area contributed by atoms with E-state index in [0.717, 1.165) is 49.5 Å². The zero-order valence-corrected chi connectivity index (χ0v) is 17.7. The predicted molar refractivity (Wildman–Crippen MR) is 114 cm³/mol. The molecule has 2 aromatic carbocycles. The Morgan fingerprint density at radius 1 is 0.933 bits per heavy atom. The van der Waals surface area contributed by atoms with Gasteiger partial charge < -0.3 is 33.5 Å². The van der Waals surface area contributed by atoms with Crippen molar-refractivity contribution in [3.8, 4) is 17.2 Å². The number of rotatable bonds is 8. The number of ether oxygens (including phenoxy) is 5. The van der Waals surface area contributed by atoms with E-state index in [1.807, 2.05) is 24.3 Å². The first-order valence-electron chi connectivity index (χ1n) is 10.2. The van der Waals surface area contributed by atoms with Gasteiger partial charge in [0.1, 0.15) is 0 Å². The van der Waals surface area contributed by atoms with E-state index in [1.54, 1.807) is 21.3 Å². The number of hydrogen-bond donors (Lipinski definition) is 0. The van der Waals surface area contributed by atoms with E-state index in [2.05, 4.69) is 28.6 Å². The van der Waals surface area contributed by atoms with E-state index in [-0.39, 0.29) is 6.29 Å². The minimum atomic E-state index is -0.142. The molecule has 0 aliphatic carbocycles.